The van der Waals surface area contributed by atoms with Crippen molar-refractivity contribution in [3.05, 3.63) is 39.8 Å². The number of nitrogens with zero attached hydrogens (tertiary/aromatic N) is 2. The number of hydrogen-bond acceptors (Lipinski definition) is 5. The van der Waals surface area contributed by atoms with E-state index in [0.29, 0.717) is 19.7 Å². The Balaban J connectivity index is 2.00. The summed E-state index contributed by atoms with van der Waals surface area (Å²) in [5.41, 5.74) is 1.06. The lowest BCUT2D eigenvalue weighted by Crippen LogP contribution is -2.36. The summed E-state index contributed by atoms with van der Waals surface area (Å²) in [6.45, 7) is 8.88. The molecular formula is C19H28N4O2S. The van der Waals surface area contributed by atoms with Crippen molar-refractivity contribution in [2.45, 2.75) is 40.3 Å². The third kappa shape index (κ3) is 6.22. The summed E-state index contributed by atoms with van der Waals surface area (Å²) in [7, 11) is 1.66. The summed E-state index contributed by atoms with van der Waals surface area (Å²) in [6, 6.07) is 5.94. The summed E-state index contributed by atoms with van der Waals surface area (Å²) in [6.07, 6.45) is 2.85. The molecule has 7 heteroatoms. The minimum Gasteiger partial charge on any atom is -0.493 e. The van der Waals surface area contributed by atoms with E-state index < -0.39 is 0 Å². The molecule has 2 rings (SSSR count). The lowest BCUT2D eigenvalue weighted by molar-refractivity contribution is 0.294. The Morgan fingerprint density at radius 1 is 1.23 bits per heavy atom. The quantitative estimate of drug-likeness (QED) is 0.518. The van der Waals surface area contributed by atoms with E-state index in [-0.39, 0.29) is 0 Å². The van der Waals surface area contributed by atoms with Crippen LogP contribution in [0, 0.1) is 6.92 Å². The molecule has 0 radical (unpaired) electrons. The number of aliphatic imine (C=N–C) groups is 1. The fourth-order valence-corrected chi connectivity index (χ4v) is 3.02. The lowest BCUT2D eigenvalue weighted by atomic mass is 10.2. The Labute approximate surface area is 159 Å². The molecule has 0 aliphatic heterocycles. The highest BCUT2D eigenvalue weighted by Gasteiger charge is 2.06. The molecule has 1 aromatic carbocycles. The smallest absolute Gasteiger partial charge is 0.191 e. The number of rotatable bonds is 9. The van der Waals surface area contributed by atoms with Crippen LogP contribution in [0.3, 0.4) is 0 Å². The largest absolute Gasteiger partial charge is 0.493 e. The minimum absolute atomic E-state index is 0.552. The summed E-state index contributed by atoms with van der Waals surface area (Å²) in [4.78, 5) is 10.2. The van der Waals surface area contributed by atoms with Gasteiger partial charge in [0.15, 0.2) is 17.5 Å². The van der Waals surface area contributed by atoms with Crippen molar-refractivity contribution in [1.29, 1.82) is 0 Å². The topological polar surface area (TPSA) is 67.8 Å². The average Bonchev–Trinajstić information content (AvgIpc) is 3.07. The fraction of sp³-hybridized carbons (Fsp3) is 0.474. The summed E-state index contributed by atoms with van der Waals surface area (Å²) < 4.78 is 11.1. The molecule has 0 aliphatic rings. The highest BCUT2D eigenvalue weighted by Crippen LogP contribution is 2.28. The first-order valence-corrected chi connectivity index (χ1v) is 9.71. The van der Waals surface area contributed by atoms with Crippen LogP contribution in [0.15, 0.2) is 29.4 Å². The van der Waals surface area contributed by atoms with E-state index >= 15 is 0 Å². The molecule has 0 aliphatic carbocycles. The second kappa shape index (κ2) is 10.7. The van der Waals surface area contributed by atoms with Crippen molar-refractivity contribution in [2.75, 3.05) is 20.3 Å². The third-order valence-electron chi connectivity index (χ3n) is 3.53. The van der Waals surface area contributed by atoms with Gasteiger partial charge in [0.1, 0.15) is 5.01 Å². The molecule has 1 aromatic heterocycles. The predicted octanol–water partition coefficient (Wildman–Crippen LogP) is 3.50. The molecular weight excluding hydrogens is 348 g/mol. The van der Waals surface area contributed by atoms with Crippen molar-refractivity contribution >= 4 is 17.3 Å². The van der Waals surface area contributed by atoms with Gasteiger partial charge in [0.25, 0.3) is 0 Å². The molecule has 0 saturated carbocycles. The predicted molar refractivity (Wildman–Crippen MR) is 107 cm³/mol. The monoisotopic (exact) mass is 376 g/mol. The molecule has 1 heterocycles. The normalized spacial score (nSPS) is 11.3. The highest BCUT2D eigenvalue weighted by molar-refractivity contribution is 7.11. The van der Waals surface area contributed by atoms with Crippen LogP contribution >= 0.6 is 11.3 Å². The first kappa shape index (κ1) is 20.0. The van der Waals surface area contributed by atoms with E-state index in [1.807, 2.05) is 31.3 Å². The Bertz CT molecular complexity index is 715. The fourth-order valence-electron chi connectivity index (χ4n) is 2.30. The molecule has 0 amide bonds. The van der Waals surface area contributed by atoms with Gasteiger partial charge < -0.3 is 20.1 Å². The van der Waals surface area contributed by atoms with Crippen molar-refractivity contribution in [2.24, 2.45) is 4.99 Å². The number of hydrogen-bond donors (Lipinski definition) is 2. The van der Waals surface area contributed by atoms with E-state index in [2.05, 4.69) is 34.5 Å². The average molecular weight is 377 g/mol. The van der Waals surface area contributed by atoms with Crippen LogP contribution in [0.25, 0.3) is 0 Å². The van der Waals surface area contributed by atoms with Gasteiger partial charge >= 0.3 is 0 Å². The van der Waals surface area contributed by atoms with E-state index in [1.54, 1.807) is 18.4 Å². The third-order valence-corrected chi connectivity index (χ3v) is 4.44. The van der Waals surface area contributed by atoms with Crippen molar-refractivity contribution < 1.29 is 9.47 Å². The molecule has 0 unspecified atom stereocenters. The molecule has 0 atom stereocenters. The number of thiazole rings is 1. The zero-order valence-electron chi connectivity index (χ0n) is 16.0. The van der Waals surface area contributed by atoms with Crippen LogP contribution in [-0.2, 0) is 13.1 Å². The van der Waals surface area contributed by atoms with Crippen LogP contribution in [-0.4, -0.2) is 31.2 Å². The second-order valence-electron chi connectivity index (χ2n) is 5.75. The van der Waals surface area contributed by atoms with Gasteiger partial charge in [-0.15, -0.1) is 11.3 Å². The standard InChI is InChI=1S/C19H28N4O2S/c1-5-9-25-16-8-7-15(10-17(16)24-4)12-22-19(20-6-2)23-13-18-21-11-14(3)26-18/h7-8,10-11H,5-6,9,12-13H2,1-4H3,(H2,20,22,23). The molecule has 0 fully saturated rings. The molecule has 0 spiro atoms. The second-order valence-corrected chi connectivity index (χ2v) is 7.07. The summed E-state index contributed by atoms with van der Waals surface area (Å²) in [5, 5.41) is 7.63. The summed E-state index contributed by atoms with van der Waals surface area (Å²) in [5.74, 6) is 2.28. The van der Waals surface area contributed by atoms with Crippen LogP contribution in [0.5, 0.6) is 11.5 Å². The van der Waals surface area contributed by atoms with Crippen LogP contribution in [0.1, 0.15) is 35.7 Å². The first-order chi connectivity index (χ1) is 12.7. The Hall–Kier alpha value is -2.28. The van der Waals surface area contributed by atoms with Gasteiger partial charge in [-0.25, -0.2) is 9.98 Å². The maximum absolute atomic E-state index is 5.69. The van der Waals surface area contributed by atoms with E-state index in [0.717, 1.165) is 41.0 Å². The molecule has 0 saturated heterocycles. The van der Waals surface area contributed by atoms with Crippen LogP contribution in [0.2, 0.25) is 0 Å². The summed E-state index contributed by atoms with van der Waals surface area (Å²) >= 11 is 1.69. The van der Waals surface area contributed by atoms with E-state index in [9.17, 15) is 0 Å². The van der Waals surface area contributed by atoms with Gasteiger partial charge in [-0.1, -0.05) is 13.0 Å². The maximum atomic E-state index is 5.69. The van der Waals surface area contributed by atoms with Gasteiger partial charge in [0.05, 0.1) is 26.8 Å². The van der Waals surface area contributed by atoms with Crippen molar-refractivity contribution in [3.8, 4) is 11.5 Å². The number of ether oxygens (including phenoxy) is 2. The molecule has 26 heavy (non-hydrogen) atoms. The van der Waals surface area contributed by atoms with E-state index in [4.69, 9.17) is 9.47 Å². The lowest BCUT2D eigenvalue weighted by Gasteiger charge is -2.12. The Morgan fingerprint density at radius 2 is 2.08 bits per heavy atom. The van der Waals surface area contributed by atoms with Crippen molar-refractivity contribution in [1.82, 2.24) is 15.6 Å². The maximum Gasteiger partial charge on any atom is 0.191 e. The molecule has 0 bridgehead atoms. The number of aromatic nitrogens is 1. The van der Waals surface area contributed by atoms with Crippen LogP contribution in [0.4, 0.5) is 0 Å². The Morgan fingerprint density at radius 3 is 2.73 bits per heavy atom. The van der Waals surface area contributed by atoms with Crippen molar-refractivity contribution in [3.63, 3.8) is 0 Å². The molecule has 6 nitrogen and oxygen atoms in total. The minimum atomic E-state index is 0.552. The van der Waals surface area contributed by atoms with Gasteiger partial charge in [-0.3, -0.25) is 0 Å². The highest BCUT2D eigenvalue weighted by atomic mass is 32.1. The number of methoxy groups -OCH3 is 1. The number of aryl methyl sites for hydroxylation is 1. The van der Waals surface area contributed by atoms with Gasteiger partial charge in [0, 0.05) is 17.6 Å². The zero-order chi connectivity index (χ0) is 18.8. The SMILES string of the molecule is CCCOc1ccc(CN=C(NCC)NCc2ncc(C)s2)cc1OC. The van der Waals surface area contributed by atoms with Crippen LogP contribution < -0.4 is 20.1 Å². The van der Waals surface area contributed by atoms with Gasteiger partial charge in [-0.2, -0.15) is 0 Å². The first-order valence-electron chi connectivity index (χ1n) is 8.89. The molecule has 2 N–H and O–H groups in total. The van der Waals surface area contributed by atoms with Gasteiger partial charge in [-0.05, 0) is 38.0 Å². The zero-order valence-corrected chi connectivity index (χ0v) is 16.8. The number of nitrogens with one attached hydrogen (secondary N) is 2. The molecule has 142 valence electrons. The number of guanidine groups is 1. The molecule has 2 aromatic rings. The number of benzene rings is 1. The van der Waals surface area contributed by atoms with Gasteiger partial charge in [0.2, 0.25) is 0 Å². The van der Waals surface area contributed by atoms with E-state index in [1.165, 1.54) is 4.88 Å². The Kier molecular flexibility index (Phi) is 8.21.